The fraction of sp³-hybridized carbons (Fsp3) is 0.471. The Hall–Kier alpha value is -2.55. The van der Waals surface area contributed by atoms with Gasteiger partial charge in [0.25, 0.3) is 0 Å². The van der Waals surface area contributed by atoms with Crippen LogP contribution in [0.4, 0.5) is 10.5 Å². The van der Waals surface area contributed by atoms with Gasteiger partial charge in [0.1, 0.15) is 0 Å². The van der Waals surface area contributed by atoms with Crippen molar-refractivity contribution in [3.63, 3.8) is 0 Å². The molecule has 1 aromatic carbocycles. The SMILES string of the molecule is N#Cc1cccc(NC(=O)N2CCCC(C(=O)NC3CC3)C2)c1. The maximum absolute atomic E-state index is 12.4. The van der Waals surface area contributed by atoms with Gasteiger partial charge in [-0.05, 0) is 43.9 Å². The first-order chi connectivity index (χ1) is 11.2. The summed E-state index contributed by atoms with van der Waals surface area (Å²) in [6.45, 7) is 1.10. The summed E-state index contributed by atoms with van der Waals surface area (Å²) < 4.78 is 0. The van der Waals surface area contributed by atoms with E-state index in [1.54, 1.807) is 29.2 Å². The Morgan fingerprint density at radius 1 is 1.26 bits per heavy atom. The monoisotopic (exact) mass is 312 g/mol. The lowest BCUT2D eigenvalue weighted by atomic mass is 9.97. The minimum Gasteiger partial charge on any atom is -0.353 e. The molecule has 0 spiro atoms. The number of rotatable bonds is 3. The second kappa shape index (κ2) is 6.69. The molecule has 120 valence electrons. The molecular weight excluding hydrogens is 292 g/mol. The summed E-state index contributed by atoms with van der Waals surface area (Å²) in [5.74, 6) is -0.0583. The van der Waals surface area contributed by atoms with Crippen molar-refractivity contribution in [1.82, 2.24) is 10.2 Å². The van der Waals surface area contributed by atoms with Crippen molar-refractivity contribution in [2.24, 2.45) is 5.92 Å². The van der Waals surface area contributed by atoms with Gasteiger partial charge >= 0.3 is 6.03 Å². The highest BCUT2D eigenvalue weighted by Gasteiger charge is 2.31. The van der Waals surface area contributed by atoms with Gasteiger partial charge in [-0.2, -0.15) is 5.26 Å². The van der Waals surface area contributed by atoms with E-state index in [-0.39, 0.29) is 17.9 Å². The van der Waals surface area contributed by atoms with Crippen LogP contribution in [0.1, 0.15) is 31.2 Å². The standard InChI is InChI=1S/C17H20N4O2/c18-10-12-3-1-5-15(9-12)20-17(23)21-8-2-4-13(11-21)16(22)19-14-6-7-14/h1,3,5,9,13-14H,2,4,6-8,11H2,(H,19,22)(H,20,23). The number of piperidine rings is 1. The van der Waals surface area contributed by atoms with Gasteiger partial charge in [0.15, 0.2) is 0 Å². The van der Waals surface area contributed by atoms with Crippen molar-refractivity contribution in [2.45, 2.75) is 31.7 Å². The third-order valence-electron chi connectivity index (χ3n) is 4.25. The third-order valence-corrected chi connectivity index (χ3v) is 4.25. The molecule has 1 saturated heterocycles. The first-order valence-electron chi connectivity index (χ1n) is 8.02. The molecule has 2 N–H and O–H groups in total. The van der Waals surface area contributed by atoms with Crippen LogP contribution < -0.4 is 10.6 Å². The molecule has 1 unspecified atom stereocenters. The van der Waals surface area contributed by atoms with Crippen molar-refractivity contribution in [2.75, 3.05) is 18.4 Å². The van der Waals surface area contributed by atoms with Crippen molar-refractivity contribution in [1.29, 1.82) is 5.26 Å². The molecule has 0 radical (unpaired) electrons. The van der Waals surface area contributed by atoms with Crippen LogP contribution in [-0.2, 0) is 4.79 Å². The molecule has 0 bridgehead atoms. The Labute approximate surface area is 135 Å². The average Bonchev–Trinajstić information content (AvgIpc) is 3.39. The first-order valence-corrected chi connectivity index (χ1v) is 8.02. The van der Waals surface area contributed by atoms with Crippen molar-refractivity contribution in [3.05, 3.63) is 29.8 Å². The zero-order valence-corrected chi connectivity index (χ0v) is 12.9. The zero-order chi connectivity index (χ0) is 16.2. The maximum atomic E-state index is 12.4. The highest BCUT2D eigenvalue weighted by molar-refractivity contribution is 5.90. The first kappa shape index (κ1) is 15.3. The highest BCUT2D eigenvalue weighted by Crippen LogP contribution is 2.22. The van der Waals surface area contributed by atoms with E-state index in [0.29, 0.717) is 30.4 Å². The Kier molecular flexibility index (Phi) is 4.47. The molecule has 0 aromatic heterocycles. The van der Waals surface area contributed by atoms with Crippen LogP contribution in [0, 0.1) is 17.2 Å². The van der Waals surface area contributed by atoms with E-state index in [2.05, 4.69) is 10.6 Å². The highest BCUT2D eigenvalue weighted by atomic mass is 16.2. The Morgan fingerprint density at radius 3 is 2.83 bits per heavy atom. The Bertz CT molecular complexity index is 648. The van der Waals surface area contributed by atoms with Gasteiger partial charge < -0.3 is 15.5 Å². The molecule has 6 nitrogen and oxygen atoms in total. The number of carbonyl (C=O) groups excluding carboxylic acids is 2. The summed E-state index contributed by atoms with van der Waals surface area (Å²) >= 11 is 0. The Morgan fingerprint density at radius 2 is 2.09 bits per heavy atom. The molecular formula is C17H20N4O2. The van der Waals surface area contributed by atoms with Crippen LogP contribution in [-0.4, -0.2) is 36.0 Å². The molecule has 1 heterocycles. The number of anilines is 1. The van der Waals surface area contributed by atoms with E-state index in [0.717, 1.165) is 25.7 Å². The van der Waals surface area contributed by atoms with E-state index >= 15 is 0 Å². The summed E-state index contributed by atoms with van der Waals surface area (Å²) in [6.07, 6.45) is 3.79. The van der Waals surface area contributed by atoms with Gasteiger partial charge in [-0.1, -0.05) is 6.07 Å². The van der Waals surface area contributed by atoms with Gasteiger partial charge in [-0.3, -0.25) is 4.79 Å². The quantitative estimate of drug-likeness (QED) is 0.896. The fourth-order valence-corrected chi connectivity index (χ4v) is 2.79. The fourth-order valence-electron chi connectivity index (χ4n) is 2.79. The normalized spacial score (nSPS) is 20.5. The number of nitriles is 1. The smallest absolute Gasteiger partial charge is 0.321 e. The average molecular weight is 312 g/mol. The van der Waals surface area contributed by atoms with Crippen molar-refractivity contribution >= 4 is 17.6 Å². The summed E-state index contributed by atoms with van der Waals surface area (Å²) in [5.41, 5.74) is 1.10. The molecule has 23 heavy (non-hydrogen) atoms. The molecule has 1 aliphatic heterocycles. The number of urea groups is 1. The van der Waals surface area contributed by atoms with Crippen molar-refractivity contribution in [3.8, 4) is 6.07 Å². The molecule has 3 amide bonds. The van der Waals surface area contributed by atoms with Gasteiger partial charge in [0.05, 0.1) is 17.6 Å². The Balaban J connectivity index is 1.57. The van der Waals surface area contributed by atoms with Crippen LogP contribution in [0.2, 0.25) is 0 Å². The minimum absolute atomic E-state index is 0.0662. The van der Waals surface area contributed by atoms with Gasteiger partial charge in [-0.15, -0.1) is 0 Å². The molecule has 1 saturated carbocycles. The molecule has 1 atom stereocenters. The van der Waals surface area contributed by atoms with Crippen LogP contribution in [0.15, 0.2) is 24.3 Å². The second-order valence-corrected chi connectivity index (χ2v) is 6.19. The van der Waals surface area contributed by atoms with E-state index in [9.17, 15) is 9.59 Å². The topological polar surface area (TPSA) is 85.2 Å². The van der Waals surface area contributed by atoms with Crippen LogP contribution in [0.25, 0.3) is 0 Å². The summed E-state index contributed by atoms with van der Waals surface area (Å²) in [4.78, 5) is 26.2. The number of likely N-dealkylation sites (tertiary alicyclic amines) is 1. The predicted octanol–water partition coefficient (Wildman–Crippen LogP) is 2.08. The van der Waals surface area contributed by atoms with Crippen LogP contribution in [0.3, 0.4) is 0 Å². The predicted molar refractivity (Wildman–Crippen MR) is 85.6 cm³/mol. The van der Waals surface area contributed by atoms with Crippen LogP contribution in [0.5, 0.6) is 0 Å². The van der Waals surface area contributed by atoms with Gasteiger partial charge in [0, 0.05) is 24.8 Å². The van der Waals surface area contributed by atoms with E-state index in [1.807, 2.05) is 6.07 Å². The largest absolute Gasteiger partial charge is 0.353 e. The number of benzene rings is 1. The molecule has 1 aliphatic carbocycles. The number of hydrogen-bond donors (Lipinski definition) is 2. The number of hydrogen-bond acceptors (Lipinski definition) is 3. The lowest BCUT2D eigenvalue weighted by molar-refractivity contribution is -0.126. The zero-order valence-electron chi connectivity index (χ0n) is 12.9. The van der Waals surface area contributed by atoms with Gasteiger partial charge in [-0.25, -0.2) is 4.79 Å². The molecule has 6 heteroatoms. The lowest BCUT2D eigenvalue weighted by Gasteiger charge is -2.32. The third kappa shape index (κ3) is 4.01. The molecule has 2 fully saturated rings. The van der Waals surface area contributed by atoms with Crippen LogP contribution >= 0.6 is 0 Å². The molecule has 2 aliphatic rings. The number of amides is 3. The lowest BCUT2D eigenvalue weighted by Crippen LogP contribution is -2.47. The minimum atomic E-state index is -0.219. The summed E-state index contributed by atoms with van der Waals surface area (Å²) in [6, 6.07) is 8.99. The molecule has 1 aromatic rings. The van der Waals surface area contributed by atoms with E-state index < -0.39 is 0 Å². The number of carbonyl (C=O) groups is 2. The van der Waals surface area contributed by atoms with E-state index in [1.165, 1.54) is 0 Å². The maximum Gasteiger partial charge on any atom is 0.321 e. The second-order valence-electron chi connectivity index (χ2n) is 6.19. The van der Waals surface area contributed by atoms with Crippen molar-refractivity contribution < 1.29 is 9.59 Å². The summed E-state index contributed by atoms with van der Waals surface area (Å²) in [7, 11) is 0. The number of nitrogens with one attached hydrogen (secondary N) is 2. The number of nitrogens with zero attached hydrogens (tertiary/aromatic N) is 2. The van der Waals surface area contributed by atoms with Gasteiger partial charge in [0.2, 0.25) is 5.91 Å². The molecule has 3 rings (SSSR count). The van der Waals surface area contributed by atoms with E-state index in [4.69, 9.17) is 5.26 Å². The summed E-state index contributed by atoms with van der Waals surface area (Å²) in [5, 5.41) is 14.7.